The van der Waals surface area contributed by atoms with E-state index in [-0.39, 0.29) is 5.91 Å². The summed E-state index contributed by atoms with van der Waals surface area (Å²) in [6, 6.07) is 23.7. The van der Waals surface area contributed by atoms with Gasteiger partial charge in [-0.1, -0.05) is 24.3 Å². The lowest BCUT2D eigenvalue weighted by Gasteiger charge is -2.07. The number of methoxy groups -OCH3 is 1. The molecule has 0 fully saturated rings. The Labute approximate surface area is 197 Å². The van der Waals surface area contributed by atoms with Crippen LogP contribution in [0.3, 0.4) is 0 Å². The van der Waals surface area contributed by atoms with Crippen molar-refractivity contribution < 1.29 is 9.53 Å². The smallest absolute Gasteiger partial charge is 0.225 e. The van der Waals surface area contributed by atoms with Crippen molar-refractivity contribution in [2.24, 2.45) is 0 Å². The molecule has 0 atom stereocenters. The highest BCUT2D eigenvalue weighted by atomic mass is 16.5. The van der Waals surface area contributed by atoms with E-state index in [0.29, 0.717) is 25.2 Å². The summed E-state index contributed by atoms with van der Waals surface area (Å²) >= 11 is 0. The lowest BCUT2D eigenvalue weighted by atomic mass is 10.0. The van der Waals surface area contributed by atoms with Gasteiger partial charge in [-0.05, 0) is 60.0 Å². The van der Waals surface area contributed by atoms with Gasteiger partial charge in [0.1, 0.15) is 5.75 Å². The van der Waals surface area contributed by atoms with Crippen molar-refractivity contribution in [1.29, 1.82) is 0 Å². The van der Waals surface area contributed by atoms with E-state index in [1.165, 1.54) is 0 Å². The average Bonchev–Trinajstić information content (AvgIpc) is 3.47. The molecule has 7 nitrogen and oxygen atoms in total. The number of amides is 1. The maximum atomic E-state index is 12.7. The second kappa shape index (κ2) is 9.62. The molecule has 0 saturated heterocycles. The average molecular weight is 452 g/mol. The molecule has 0 aliphatic rings. The fraction of sp³-hybridized carbons (Fsp3) is 0.148. The molecule has 34 heavy (non-hydrogen) atoms. The predicted molar refractivity (Wildman–Crippen MR) is 133 cm³/mol. The molecule has 0 saturated carbocycles. The minimum absolute atomic E-state index is 0.0750. The van der Waals surface area contributed by atoms with Crippen molar-refractivity contribution in [1.82, 2.24) is 19.7 Å². The van der Waals surface area contributed by atoms with Gasteiger partial charge in [-0.25, -0.2) is 0 Å². The molecular formula is C27H25N5O2. The number of rotatable bonds is 8. The SMILES string of the molecule is COc1ccc(-c2[nH]c3ccccc3c2CCC(=O)Nc2ccn(Cc3ccccn3)n2)cc1. The van der Waals surface area contributed by atoms with Crippen LogP contribution in [0.4, 0.5) is 5.82 Å². The van der Waals surface area contributed by atoms with Crippen LogP contribution in [0.25, 0.3) is 22.2 Å². The number of nitrogens with zero attached hydrogens (tertiary/aromatic N) is 3. The number of aromatic amines is 1. The maximum absolute atomic E-state index is 12.7. The number of carbonyl (C=O) groups is 1. The van der Waals surface area contributed by atoms with Crippen molar-refractivity contribution in [3.8, 4) is 17.0 Å². The van der Waals surface area contributed by atoms with E-state index in [1.807, 2.05) is 60.8 Å². The third-order valence-corrected chi connectivity index (χ3v) is 5.75. The van der Waals surface area contributed by atoms with Crippen LogP contribution in [0.5, 0.6) is 5.75 Å². The van der Waals surface area contributed by atoms with Crippen LogP contribution < -0.4 is 10.1 Å². The molecule has 0 aliphatic heterocycles. The first-order valence-electron chi connectivity index (χ1n) is 11.2. The number of para-hydroxylation sites is 1. The second-order valence-corrected chi connectivity index (χ2v) is 8.02. The third kappa shape index (κ3) is 4.68. The van der Waals surface area contributed by atoms with E-state index in [4.69, 9.17) is 4.74 Å². The summed E-state index contributed by atoms with van der Waals surface area (Å²) in [5.74, 6) is 1.27. The molecule has 0 unspecified atom stereocenters. The van der Waals surface area contributed by atoms with Gasteiger partial charge in [0.05, 0.1) is 19.3 Å². The molecule has 0 bridgehead atoms. The van der Waals surface area contributed by atoms with Crippen LogP contribution in [0.1, 0.15) is 17.7 Å². The summed E-state index contributed by atoms with van der Waals surface area (Å²) in [6.45, 7) is 0.553. The van der Waals surface area contributed by atoms with Crippen molar-refractivity contribution in [3.05, 3.63) is 96.4 Å². The normalized spacial score (nSPS) is 11.0. The summed E-state index contributed by atoms with van der Waals surface area (Å²) < 4.78 is 7.05. The lowest BCUT2D eigenvalue weighted by molar-refractivity contribution is -0.116. The summed E-state index contributed by atoms with van der Waals surface area (Å²) in [5, 5.41) is 8.49. The fourth-order valence-electron chi connectivity index (χ4n) is 4.08. The highest BCUT2D eigenvalue weighted by Crippen LogP contribution is 2.32. The molecule has 5 rings (SSSR count). The molecule has 0 spiro atoms. The van der Waals surface area contributed by atoms with E-state index in [0.717, 1.165) is 39.2 Å². The van der Waals surface area contributed by atoms with Gasteiger partial charge in [0.2, 0.25) is 5.91 Å². The molecule has 0 aliphatic carbocycles. The fourth-order valence-corrected chi connectivity index (χ4v) is 4.08. The summed E-state index contributed by atoms with van der Waals surface area (Å²) in [4.78, 5) is 20.6. The van der Waals surface area contributed by atoms with E-state index in [2.05, 4.69) is 32.5 Å². The number of hydrogen-bond acceptors (Lipinski definition) is 4. The molecule has 1 amide bonds. The molecule has 3 aromatic heterocycles. The predicted octanol–water partition coefficient (Wildman–Crippen LogP) is 5.05. The molecule has 3 heterocycles. The van der Waals surface area contributed by atoms with Gasteiger partial charge in [0.15, 0.2) is 5.82 Å². The van der Waals surface area contributed by atoms with Gasteiger partial charge in [-0.3, -0.25) is 14.5 Å². The molecule has 2 aromatic carbocycles. The first kappa shape index (κ1) is 21.5. The van der Waals surface area contributed by atoms with Crippen LogP contribution in [0, 0.1) is 0 Å². The zero-order valence-electron chi connectivity index (χ0n) is 18.9. The van der Waals surface area contributed by atoms with E-state index < -0.39 is 0 Å². The van der Waals surface area contributed by atoms with E-state index >= 15 is 0 Å². The van der Waals surface area contributed by atoms with Crippen LogP contribution in [0.2, 0.25) is 0 Å². The summed E-state index contributed by atoms with van der Waals surface area (Å²) in [5.41, 5.74) is 5.17. The van der Waals surface area contributed by atoms with Gasteiger partial charge < -0.3 is 15.0 Å². The van der Waals surface area contributed by atoms with Crippen LogP contribution >= 0.6 is 0 Å². The Bertz CT molecular complexity index is 1400. The standard InChI is InChI=1S/C27H25N5O2/c1-34-21-11-9-19(10-12-21)27-23(22-7-2-3-8-24(22)29-27)13-14-26(33)30-25-15-17-32(31-25)18-20-6-4-5-16-28-20/h2-12,15-17,29H,13-14,18H2,1H3,(H,30,31,33). The Morgan fingerprint density at radius 1 is 1.03 bits per heavy atom. The minimum Gasteiger partial charge on any atom is -0.497 e. The molecule has 7 heteroatoms. The number of hydrogen-bond donors (Lipinski definition) is 2. The van der Waals surface area contributed by atoms with Crippen molar-refractivity contribution in [3.63, 3.8) is 0 Å². The zero-order valence-corrected chi connectivity index (χ0v) is 18.9. The zero-order chi connectivity index (χ0) is 23.3. The molecule has 0 radical (unpaired) electrons. The molecule has 5 aromatic rings. The number of pyridine rings is 1. The van der Waals surface area contributed by atoms with Crippen molar-refractivity contribution in [2.75, 3.05) is 12.4 Å². The Morgan fingerprint density at radius 3 is 2.65 bits per heavy atom. The maximum Gasteiger partial charge on any atom is 0.225 e. The largest absolute Gasteiger partial charge is 0.497 e. The number of benzene rings is 2. The number of ether oxygens (including phenoxy) is 1. The first-order chi connectivity index (χ1) is 16.7. The van der Waals surface area contributed by atoms with Crippen LogP contribution in [-0.4, -0.2) is 32.8 Å². The van der Waals surface area contributed by atoms with Gasteiger partial charge in [0, 0.05) is 41.5 Å². The Morgan fingerprint density at radius 2 is 1.85 bits per heavy atom. The number of fused-ring (bicyclic) bond motifs is 1. The highest BCUT2D eigenvalue weighted by molar-refractivity contribution is 5.93. The first-order valence-corrected chi connectivity index (χ1v) is 11.2. The second-order valence-electron chi connectivity index (χ2n) is 8.02. The minimum atomic E-state index is -0.0750. The van der Waals surface area contributed by atoms with Crippen LogP contribution in [0.15, 0.2) is 85.2 Å². The Kier molecular flexibility index (Phi) is 6.07. The number of aryl methyl sites for hydroxylation is 1. The number of H-pyrrole nitrogens is 1. The van der Waals surface area contributed by atoms with Gasteiger partial charge in [0.25, 0.3) is 0 Å². The van der Waals surface area contributed by atoms with E-state index in [1.54, 1.807) is 24.1 Å². The summed E-state index contributed by atoms with van der Waals surface area (Å²) in [6.07, 6.45) is 4.54. The van der Waals surface area contributed by atoms with Gasteiger partial charge in [-0.15, -0.1) is 0 Å². The Hall–Kier alpha value is -4.39. The number of aromatic nitrogens is 4. The van der Waals surface area contributed by atoms with Gasteiger partial charge in [-0.2, -0.15) is 5.10 Å². The summed E-state index contributed by atoms with van der Waals surface area (Å²) in [7, 11) is 1.66. The quantitative estimate of drug-likeness (QED) is 0.346. The van der Waals surface area contributed by atoms with Crippen molar-refractivity contribution >= 4 is 22.6 Å². The number of nitrogens with one attached hydrogen (secondary N) is 2. The monoisotopic (exact) mass is 451 g/mol. The highest BCUT2D eigenvalue weighted by Gasteiger charge is 2.15. The van der Waals surface area contributed by atoms with Crippen molar-refractivity contribution in [2.45, 2.75) is 19.4 Å². The molecule has 2 N–H and O–H groups in total. The Balaban J connectivity index is 1.29. The third-order valence-electron chi connectivity index (χ3n) is 5.75. The van der Waals surface area contributed by atoms with E-state index in [9.17, 15) is 4.79 Å². The molecule has 170 valence electrons. The number of carbonyl (C=O) groups excluding carboxylic acids is 1. The number of anilines is 1. The lowest BCUT2D eigenvalue weighted by Crippen LogP contribution is -2.13. The molecular weight excluding hydrogens is 426 g/mol. The van der Waals surface area contributed by atoms with Crippen LogP contribution in [-0.2, 0) is 17.8 Å². The van der Waals surface area contributed by atoms with Gasteiger partial charge >= 0.3 is 0 Å². The topological polar surface area (TPSA) is 84.8 Å².